The molecule has 3 aromatic heterocycles. The summed E-state index contributed by atoms with van der Waals surface area (Å²) in [4.78, 5) is 12.8. The Morgan fingerprint density at radius 2 is 1.57 bits per heavy atom. The minimum Gasteiger partial charge on any atom is -0.265 e. The lowest BCUT2D eigenvalue weighted by Crippen LogP contribution is -2.08. The van der Waals surface area contributed by atoms with Gasteiger partial charge >= 0.3 is 0 Å². The highest BCUT2D eigenvalue weighted by Crippen LogP contribution is 2.23. The molecule has 1 atom stereocenters. The number of pyridine rings is 3. The number of nitrogens with zero attached hydrogens (tertiary/aromatic N) is 3. The van der Waals surface area contributed by atoms with E-state index in [1.807, 2.05) is 49.2 Å². The summed E-state index contributed by atoms with van der Waals surface area (Å²) in [6, 6.07) is 14.3. The molecule has 0 spiro atoms. The lowest BCUT2D eigenvalue weighted by Gasteiger charge is -2.16. The van der Waals surface area contributed by atoms with Gasteiger partial charge in [-0.25, -0.2) is 0 Å². The molecule has 0 saturated heterocycles. The van der Waals surface area contributed by atoms with Crippen LogP contribution in [0.2, 0.25) is 0 Å². The van der Waals surface area contributed by atoms with Crippen molar-refractivity contribution < 1.29 is 0 Å². The van der Waals surface area contributed by atoms with Crippen LogP contribution in [0.15, 0.2) is 73.4 Å². The third-order valence-electron chi connectivity index (χ3n) is 3.54. The van der Waals surface area contributed by atoms with Crippen molar-refractivity contribution >= 4 is 0 Å². The third-order valence-corrected chi connectivity index (χ3v) is 3.54. The zero-order chi connectivity index (χ0) is 14.3. The molecular weight excluding hydrogens is 258 g/mol. The summed E-state index contributed by atoms with van der Waals surface area (Å²) in [6.07, 6.45) is 11.2. The Kier molecular flexibility index (Phi) is 4.32. The summed E-state index contributed by atoms with van der Waals surface area (Å²) in [5.41, 5.74) is 3.64. The fraction of sp³-hybridized carbons (Fsp3) is 0.167. The molecule has 21 heavy (non-hydrogen) atoms. The molecule has 1 unspecified atom stereocenters. The maximum absolute atomic E-state index is 4.54. The van der Waals surface area contributed by atoms with Crippen molar-refractivity contribution in [1.82, 2.24) is 15.0 Å². The summed E-state index contributed by atoms with van der Waals surface area (Å²) >= 11 is 0. The molecule has 3 heteroatoms. The molecule has 3 rings (SSSR count). The molecule has 0 N–H and O–H groups in total. The monoisotopic (exact) mass is 275 g/mol. The molecule has 3 heterocycles. The Morgan fingerprint density at radius 1 is 0.714 bits per heavy atom. The largest absolute Gasteiger partial charge is 0.265 e. The first-order chi connectivity index (χ1) is 10.4. The minimum atomic E-state index is 0.345. The van der Waals surface area contributed by atoms with Crippen molar-refractivity contribution in [3.63, 3.8) is 0 Å². The van der Waals surface area contributed by atoms with E-state index in [1.54, 1.807) is 0 Å². The summed E-state index contributed by atoms with van der Waals surface area (Å²) in [7, 11) is 0. The van der Waals surface area contributed by atoms with E-state index in [4.69, 9.17) is 0 Å². The standard InChI is InChI=1S/C18H17N3/c1-2-9-21-18(5-1)17(12-15-6-10-19-11-7-15)13-16-4-3-8-20-14-16/h1-11,14,17H,12-13H2. The first-order valence-electron chi connectivity index (χ1n) is 7.10. The molecule has 0 fully saturated rings. The van der Waals surface area contributed by atoms with E-state index < -0.39 is 0 Å². The average Bonchev–Trinajstić information content (AvgIpc) is 2.57. The van der Waals surface area contributed by atoms with Crippen molar-refractivity contribution in [2.24, 2.45) is 0 Å². The Bertz CT molecular complexity index is 612. The first kappa shape index (κ1) is 13.4. The highest BCUT2D eigenvalue weighted by molar-refractivity contribution is 5.21. The molecular formula is C18H17N3. The van der Waals surface area contributed by atoms with Gasteiger partial charge in [-0.3, -0.25) is 15.0 Å². The van der Waals surface area contributed by atoms with E-state index in [2.05, 4.69) is 39.2 Å². The second-order valence-corrected chi connectivity index (χ2v) is 5.08. The summed E-state index contributed by atoms with van der Waals surface area (Å²) in [6.45, 7) is 0. The lowest BCUT2D eigenvalue weighted by atomic mass is 9.90. The molecule has 0 radical (unpaired) electrons. The summed E-state index contributed by atoms with van der Waals surface area (Å²) < 4.78 is 0. The van der Waals surface area contributed by atoms with Crippen LogP contribution in [-0.4, -0.2) is 15.0 Å². The van der Waals surface area contributed by atoms with Crippen LogP contribution in [0.4, 0.5) is 0 Å². The van der Waals surface area contributed by atoms with Crippen molar-refractivity contribution in [3.05, 3.63) is 90.3 Å². The van der Waals surface area contributed by atoms with E-state index in [9.17, 15) is 0 Å². The van der Waals surface area contributed by atoms with E-state index >= 15 is 0 Å². The molecule has 0 aliphatic rings. The van der Waals surface area contributed by atoms with E-state index in [0.717, 1.165) is 18.5 Å². The quantitative estimate of drug-likeness (QED) is 0.716. The lowest BCUT2D eigenvalue weighted by molar-refractivity contribution is 0.656. The van der Waals surface area contributed by atoms with Crippen LogP contribution in [0, 0.1) is 0 Å². The van der Waals surface area contributed by atoms with Crippen LogP contribution in [0.5, 0.6) is 0 Å². The fourth-order valence-electron chi connectivity index (χ4n) is 2.51. The van der Waals surface area contributed by atoms with Crippen molar-refractivity contribution in [3.8, 4) is 0 Å². The fourth-order valence-corrected chi connectivity index (χ4v) is 2.51. The van der Waals surface area contributed by atoms with Crippen molar-refractivity contribution in [1.29, 1.82) is 0 Å². The predicted molar refractivity (Wildman–Crippen MR) is 82.9 cm³/mol. The zero-order valence-corrected chi connectivity index (χ0v) is 11.8. The number of rotatable bonds is 5. The van der Waals surface area contributed by atoms with Gasteiger partial charge in [-0.1, -0.05) is 12.1 Å². The van der Waals surface area contributed by atoms with E-state index in [-0.39, 0.29) is 0 Å². The maximum atomic E-state index is 4.54. The number of hydrogen-bond donors (Lipinski definition) is 0. The van der Waals surface area contributed by atoms with Gasteiger partial charge in [0, 0.05) is 42.6 Å². The Balaban J connectivity index is 1.84. The molecule has 0 aliphatic carbocycles. The van der Waals surface area contributed by atoms with Crippen LogP contribution in [0.3, 0.4) is 0 Å². The van der Waals surface area contributed by atoms with Crippen LogP contribution < -0.4 is 0 Å². The second-order valence-electron chi connectivity index (χ2n) is 5.08. The molecule has 3 aromatic rings. The van der Waals surface area contributed by atoms with E-state index in [0.29, 0.717) is 5.92 Å². The third kappa shape index (κ3) is 3.72. The highest BCUT2D eigenvalue weighted by atomic mass is 14.7. The molecule has 104 valence electrons. The van der Waals surface area contributed by atoms with Gasteiger partial charge in [0.2, 0.25) is 0 Å². The van der Waals surface area contributed by atoms with Gasteiger partial charge in [0.05, 0.1) is 0 Å². The van der Waals surface area contributed by atoms with Crippen molar-refractivity contribution in [2.45, 2.75) is 18.8 Å². The van der Waals surface area contributed by atoms with Gasteiger partial charge in [0.1, 0.15) is 0 Å². The molecule has 3 nitrogen and oxygen atoms in total. The predicted octanol–water partition coefficient (Wildman–Crippen LogP) is 3.44. The molecule has 0 aromatic carbocycles. The smallest absolute Gasteiger partial charge is 0.0441 e. The van der Waals surface area contributed by atoms with Gasteiger partial charge < -0.3 is 0 Å². The molecule has 0 amide bonds. The van der Waals surface area contributed by atoms with Crippen LogP contribution >= 0.6 is 0 Å². The van der Waals surface area contributed by atoms with Gasteiger partial charge in [-0.05, 0) is 54.3 Å². The van der Waals surface area contributed by atoms with Crippen LogP contribution in [0.25, 0.3) is 0 Å². The van der Waals surface area contributed by atoms with Gasteiger partial charge in [-0.15, -0.1) is 0 Å². The van der Waals surface area contributed by atoms with Gasteiger partial charge in [0.15, 0.2) is 0 Å². The summed E-state index contributed by atoms with van der Waals surface area (Å²) in [5.74, 6) is 0.345. The molecule has 0 bridgehead atoms. The average molecular weight is 275 g/mol. The molecule has 0 aliphatic heterocycles. The maximum Gasteiger partial charge on any atom is 0.0441 e. The minimum absolute atomic E-state index is 0.345. The Hall–Kier alpha value is -2.55. The SMILES string of the molecule is c1ccc(C(Cc2ccncc2)Cc2cccnc2)nc1. The van der Waals surface area contributed by atoms with Crippen molar-refractivity contribution in [2.75, 3.05) is 0 Å². The second kappa shape index (κ2) is 6.75. The highest BCUT2D eigenvalue weighted by Gasteiger charge is 2.14. The number of hydrogen-bond acceptors (Lipinski definition) is 3. The number of aromatic nitrogens is 3. The van der Waals surface area contributed by atoms with Crippen LogP contribution in [0.1, 0.15) is 22.7 Å². The van der Waals surface area contributed by atoms with E-state index in [1.165, 1.54) is 11.1 Å². The normalized spacial score (nSPS) is 12.0. The molecule has 0 saturated carbocycles. The zero-order valence-electron chi connectivity index (χ0n) is 11.8. The van der Waals surface area contributed by atoms with Gasteiger partial charge in [0.25, 0.3) is 0 Å². The van der Waals surface area contributed by atoms with Gasteiger partial charge in [-0.2, -0.15) is 0 Å². The summed E-state index contributed by atoms with van der Waals surface area (Å²) in [5, 5.41) is 0. The Labute approximate surface area is 124 Å². The first-order valence-corrected chi connectivity index (χ1v) is 7.10. The van der Waals surface area contributed by atoms with Crippen LogP contribution in [-0.2, 0) is 12.8 Å². The topological polar surface area (TPSA) is 38.7 Å². The Morgan fingerprint density at radius 3 is 2.29 bits per heavy atom.